The van der Waals surface area contributed by atoms with Crippen LogP contribution in [0.5, 0.6) is 11.5 Å². The molecule has 0 saturated carbocycles. The number of imide groups is 1. The molecule has 0 aliphatic heterocycles. The second-order valence-corrected chi connectivity index (χ2v) is 7.14. The number of thiophene rings is 1. The normalized spacial score (nSPS) is 10.5. The first-order valence-corrected chi connectivity index (χ1v) is 8.89. The first kappa shape index (κ1) is 17.4. The molecule has 128 valence electrons. The highest BCUT2D eigenvalue weighted by Crippen LogP contribution is 2.29. The van der Waals surface area contributed by atoms with E-state index in [9.17, 15) is 9.59 Å². The van der Waals surface area contributed by atoms with E-state index >= 15 is 0 Å². The van der Waals surface area contributed by atoms with Gasteiger partial charge < -0.3 is 9.47 Å². The first-order valence-electron chi connectivity index (χ1n) is 7.28. The number of carbonyl (C=O) groups is 2. The summed E-state index contributed by atoms with van der Waals surface area (Å²) in [6.07, 6.45) is 0. The maximum absolute atomic E-state index is 12.4. The zero-order valence-electron chi connectivity index (χ0n) is 13.5. The molecule has 1 heterocycles. The van der Waals surface area contributed by atoms with Crippen molar-refractivity contribution in [3.05, 3.63) is 57.4 Å². The van der Waals surface area contributed by atoms with Crippen molar-refractivity contribution in [2.24, 2.45) is 0 Å². The van der Waals surface area contributed by atoms with Gasteiger partial charge in [0, 0.05) is 9.17 Å². The minimum Gasteiger partial charge on any atom is -0.497 e. The van der Waals surface area contributed by atoms with Gasteiger partial charge in [-0.1, -0.05) is 15.9 Å². The molecule has 3 aromatic rings. The number of carbonyl (C=O) groups excluding carboxylic acids is 2. The number of benzene rings is 2. The molecule has 0 spiro atoms. The fraction of sp³-hybridized carbons (Fsp3) is 0.111. The molecule has 25 heavy (non-hydrogen) atoms. The largest absolute Gasteiger partial charge is 0.497 e. The predicted molar refractivity (Wildman–Crippen MR) is 101 cm³/mol. The van der Waals surface area contributed by atoms with Gasteiger partial charge >= 0.3 is 0 Å². The van der Waals surface area contributed by atoms with Crippen molar-refractivity contribution in [3.63, 3.8) is 0 Å². The number of halogens is 1. The summed E-state index contributed by atoms with van der Waals surface area (Å²) < 4.78 is 12.1. The van der Waals surface area contributed by atoms with Crippen LogP contribution in [-0.4, -0.2) is 26.0 Å². The molecule has 2 amide bonds. The first-order chi connectivity index (χ1) is 12.0. The molecular weight excluding hydrogens is 406 g/mol. The summed E-state index contributed by atoms with van der Waals surface area (Å²) in [5.74, 6) is 0.146. The number of fused-ring (bicyclic) bond motifs is 1. The Hall–Kier alpha value is -2.38. The van der Waals surface area contributed by atoms with Crippen LogP contribution in [0, 0.1) is 0 Å². The molecule has 0 aliphatic carbocycles. The highest BCUT2D eigenvalue weighted by atomic mass is 79.9. The van der Waals surface area contributed by atoms with E-state index in [-0.39, 0.29) is 0 Å². The van der Waals surface area contributed by atoms with E-state index in [1.165, 1.54) is 18.4 Å². The van der Waals surface area contributed by atoms with Crippen molar-refractivity contribution >= 4 is 49.2 Å². The van der Waals surface area contributed by atoms with Crippen LogP contribution in [0.1, 0.15) is 20.0 Å². The Labute approximate surface area is 156 Å². The fourth-order valence-corrected chi connectivity index (χ4v) is 3.62. The van der Waals surface area contributed by atoms with Gasteiger partial charge in [-0.05, 0) is 47.9 Å². The standard InChI is InChI=1S/C18H14BrNO4S/c1-23-12-4-6-15-10(7-12)8-16(25-15)18(22)20-17(21)13-5-3-11(19)9-14(13)24-2/h3-9H,1-2H3,(H,20,21,22). The number of amides is 2. The van der Waals surface area contributed by atoms with E-state index in [1.807, 2.05) is 18.2 Å². The van der Waals surface area contributed by atoms with Gasteiger partial charge in [0.05, 0.1) is 24.7 Å². The second-order valence-electron chi connectivity index (χ2n) is 5.14. The third-order valence-electron chi connectivity index (χ3n) is 3.58. The van der Waals surface area contributed by atoms with E-state index in [0.717, 1.165) is 14.6 Å². The van der Waals surface area contributed by atoms with Crippen LogP contribution in [0.4, 0.5) is 0 Å². The minimum atomic E-state index is -0.510. The summed E-state index contributed by atoms with van der Waals surface area (Å²) in [4.78, 5) is 25.3. The van der Waals surface area contributed by atoms with Crippen molar-refractivity contribution in [2.45, 2.75) is 0 Å². The predicted octanol–water partition coefficient (Wildman–Crippen LogP) is 4.25. The van der Waals surface area contributed by atoms with Crippen molar-refractivity contribution in [3.8, 4) is 11.5 Å². The summed E-state index contributed by atoms with van der Waals surface area (Å²) in [6, 6.07) is 12.3. The molecule has 0 saturated heterocycles. The van der Waals surface area contributed by atoms with Crippen LogP contribution in [-0.2, 0) is 0 Å². The fourth-order valence-electron chi connectivity index (χ4n) is 2.35. The lowest BCUT2D eigenvalue weighted by atomic mass is 10.2. The van der Waals surface area contributed by atoms with Crippen molar-refractivity contribution in [2.75, 3.05) is 14.2 Å². The lowest BCUT2D eigenvalue weighted by Gasteiger charge is -2.08. The number of rotatable bonds is 4. The lowest BCUT2D eigenvalue weighted by molar-refractivity contribution is 0.0850. The molecule has 0 fully saturated rings. The Balaban J connectivity index is 1.83. The van der Waals surface area contributed by atoms with Gasteiger partial charge in [0.1, 0.15) is 11.5 Å². The SMILES string of the molecule is COc1ccc2sc(C(=O)NC(=O)c3ccc(Br)cc3OC)cc2c1. The van der Waals surface area contributed by atoms with Crippen molar-refractivity contribution < 1.29 is 19.1 Å². The van der Waals surface area contributed by atoms with E-state index in [0.29, 0.717) is 21.9 Å². The van der Waals surface area contributed by atoms with Gasteiger partial charge in [0.25, 0.3) is 11.8 Å². The monoisotopic (exact) mass is 419 g/mol. The van der Waals surface area contributed by atoms with E-state index in [2.05, 4.69) is 21.2 Å². The topological polar surface area (TPSA) is 64.6 Å². The van der Waals surface area contributed by atoms with Crippen LogP contribution in [0.25, 0.3) is 10.1 Å². The van der Waals surface area contributed by atoms with E-state index < -0.39 is 11.8 Å². The number of hydrogen-bond donors (Lipinski definition) is 1. The van der Waals surface area contributed by atoms with E-state index in [1.54, 1.807) is 31.4 Å². The highest BCUT2D eigenvalue weighted by Gasteiger charge is 2.18. The average Bonchev–Trinajstić information content (AvgIpc) is 3.04. The van der Waals surface area contributed by atoms with E-state index in [4.69, 9.17) is 9.47 Å². The third kappa shape index (κ3) is 3.67. The molecule has 1 aromatic heterocycles. The molecular formula is C18H14BrNO4S. The van der Waals surface area contributed by atoms with Crippen molar-refractivity contribution in [1.82, 2.24) is 5.32 Å². The molecule has 0 bridgehead atoms. The molecule has 0 aliphatic rings. The Morgan fingerprint density at radius 2 is 1.80 bits per heavy atom. The smallest absolute Gasteiger partial charge is 0.268 e. The Kier molecular flexibility index (Phi) is 5.06. The Morgan fingerprint density at radius 1 is 1.00 bits per heavy atom. The number of nitrogens with one attached hydrogen (secondary N) is 1. The van der Waals surface area contributed by atoms with Gasteiger partial charge in [-0.3, -0.25) is 14.9 Å². The maximum Gasteiger partial charge on any atom is 0.268 e. The molecule has 5 nitrogen and oxygen atoms in total. The molecule has 2 aromatic carbocycles. The zero-order chi connectivity index (χ0) is 18.0. The summed E-state index contributed by atoms with van der Waals surface area (Å²) in [7, 11) is 3.06. The lowest BCUT2D eigenvalue weighted by Crippen LogP contribution is -2.30. The number of hydrogen-bond acceptors (Lipinski definition) is 5. The maximum atomic E-state index is 12.4. The summed E-state index contributed by atoms with van der Waals surface area (Å²) in [6.45, 7) is 0. The molecule has 0 unspecified atom stereocenters. The molecule has 0 radical (unpaired) electrons. The summed E-state index contributed by atoms with van der Waals surface area (Å²) in [5, 5.41) is 3.29. The van der Waals surface area contributed by atoms with Crippen LogP contribution in [0.2, 0.25) is 0 Å². The molecule has 1 N–H and O–H groups in total. The van der Waals surface area contributed by atoms with Crippen molar-refractivity contribution in [1.29, 1.82) is 0 Å². The summed E-state index contributed by atoms with van der Waals surface area (Å²) >= 11 is 4.63. The van der Waals surface area contributed by atoms with Crippen LogP contribution in [0.3, 0.4) is 0 Å². The quantitative estimate of drug-likeness (QED) is 0.641. The van der Waals surface area contributed by atoms with Gasteiger partial charge in [0.2, 0.25) is 0 Å². The minimum absolute atomic E-state index is 0.293. The van der Waals surface area contributed by atoms with Gasteiger partial charge in [-0.15, -0.1) is 11.3 Å². The molecule has 7 heteroatoms. The Morgan fingerprint density at radius 3 is 2.52 bits per heavy atom. The van der Waals surface area contributed by atoms with Crippen LogP contribution in [0.15, 0.2) is 46.9 Å². The van der Waals surface area contributed by atoms with Gasteiger partial charge in [-0.2, -0.15) is 0 Å². The van der Waals surface area contributed by atoms with Gasteiger partial charge in [-0.25, -0.2) is 0 Å². The van der Waals surface area contributed by atoms with Crippen LogP contribution >= 0.6 is 27.3 Å². The zero-order valence-corrected chi connectivity index (χ0v) is 15.9. The highest BCUT2D eigenvalue weighted by molar-refractivity contribution is 9.10. The number of ether oxygens (including phenoxy) is 2. The van der Waals surface area contributed by atoms with Crippen LogP contribution < -0.4 is 14.8 Å². The number of methoxy groups -OCH3 is 2. The summed E-state index contributed by atoms with van der Waals surface area (Å²) in [5.41, 5.74) is 0.293. The third-order valence-corrected chi connectivity index (χ3v) is 5.19. The average molecular weight is 420 g/mol. The molecule has 3 rings (SSSR count). The Bertz CT molecular complexity index is 967. The molecule has 0 atom stereocenters. The second kappa shape index (κ2) is 7.25. The van der Waals surface area contributed by atoms with Gasteiger partial charge in [0.15, 0.2) is 0 Å².